The number of aliphatic hydroxyl groups excluding tert-OH is 1. The van der Waals surface area contributed by atoms with E-state index in [2.05, 4.69) is 4.98 Å². The highest BCUT2D eigenvalue weighted by atomic mass is 16.3. The van der Waals surface area contributed by atoms with E-state index in [4.69, 9.17) is 0 Å². The fourth-order valence-corrected chi connectivity index (χ4v) is 2.99. The Morgan fingerprint density at radius 1 is 1.16 bits per heavy atom. The molecule has 0 spiro atoms. The molecule has 2 N–H and O–H groups in total. The van der Waals surface area contributed by atoms with Gasteiger partial charge in [0.15, 0.2) is 0 Å². The zero-order valence-corrected chi connectivity index (χ0v) is 11.1. The second kappa shape index (κ2) is 4.58. The van der Waals surface area contributed by atoms with Crippen molar-refractivity contribution in [3.8, 4) is 0 Å². The van der Waals surface area contributed by atoms with Crippen molar-refractivity contribution < 1.29 is 10.2 Å². The Labute approximate surface area is 112 Å². The minimum Gasteiger partial charge on any atom is -0.387 e. The smallest absolute Gasteiger partial charge is 0.108 e. The molecular formula is C16H19NO2. The van der Waals surface area contributed by atoms with Crippen molar-refractivity contribution in [2.75, 3.05) is 0 Å². The van der Waals surface area contributed by atoms with E-state index in [1.54, 1.807) is 0 Å². The quantitative estimate of drug-likeness (QED) is 0.869. The first-order chi connectivity index (χ1) is 9.08. The van der Waals surface area contributed by atoms with E-state index in [0.29, 0.717) is 12.8 Å². The van der Waals surface area contributed by atoms with Gasteiger partial charge in [-0.1, -0.05) is 25.0 Å². The van der Waals surface area contributed by atoms with Gasteiger partial charge in [0.2, 0.25) is 0 Å². The number of hydrogen-bond donors (Lipinski definition) is 2. The van der Waals surface area contributed by atoms with Gasteiger partial charge in [-0.2, -0.15) is 0 Å². The number of fused-ring (bicyclic) bond motifs is 1. The van der Waals surface area contributed by atoms with E-state index in [1.807, 2.05) is 37.3 Å². The van der Waals surface area contributed by atoms with Crippen LogP contribution >= 0.6 is 0 Å². The number of rotatable bonds is 2. The summed E-state index contributed by atoms with van der Waals surface area (Å²) in [6.07, 6.45) is 2.53. The number of pyridine rings is 1. The standard InChI is InChI=1S/C16H19NO2/c1-11-4-5-12-10-13(6-7-14(12)17-11)15(18)16(19)8-2-3-9-16/h4-7,10,15,18-19H,2-3,8-9H2,1H3. The third kappa shape index (κ3) is 2.24. The van der Waals surface area contributed by atoms with Crippen molar-refractivity contribution in [1.29, 1.82) is 0 Å². The summed E-state index contributed by atoms with van der Waals surface area (Å²) in [5.41, 5.74) is 1.73. The fourth-order valence-electron chi connectivity index (χ4n) is 2.99. The Morgan fingerprint density at radius 2 is 1.89 bits per heavy atom. The van der Waals surface area contributed by atoms with Crippen LogP contribution in [0.15, 0.2) is 30.3 Å². The maximum absolute atomic E-state index is 10.5. The van der Waals surface area contributed by atoms with Crippen LogP contribution in [0.3, 0.4) is 0 Å². The lowest BCUT2D eigenvalue weighted by molar-refractivity contribution is -0.0718. The zero-order chi connectivity index (χ0) is 13.5. The lowest BCUT2D eigenvalue weighted by Crippen LogP contribution is -2.32. The van der Waals surface area contributed by atoms with Gasteiger partial charge in [-0.3, -0.25) is 4.98 Å². The third-order valence-electron chi connectivity index (χ3n) is 4.15. The maximum atomic E-state index is 10.5. The molecule has 19 heavy (non-hydrogen) atoms. The van der Waals surface area contributed by atoms with E-state index in [-0.39, 0.29) is 0 Å². The van der Waals surface area contributed by atoms with Gasteiger partial charge < -0.3 is 10.2 Å². The van der Waals surface area contributed by atoms with Crippen LogP contribution in [0.2, 0.25) is 0 Å². The van der Waals surface area contributed by atoms with E-state index in [0.717, 1.165) is 35.0 Å². The van der Waals surface area contributed by atoms with Crippen LogP contribution in [0.5, 0.6) is 0 Å². The Hall–Kier alpha value is -1.45. The molecule has 3 nitrogen and oxygen atoms in total. The highest BCUT2D eigenvalue weighted by Crippen LogP contribution is 2.40. The van der Waals surface area contributed by atoms with Gasteiger partial charge in [0.05, 0.1) is 11.1 Å². The van der Waals surface area contributed by atoms with Crippen molar-refractivity contribution in [2.45, 2.75) is 44.3 Å². The molecule has 1 unspecified atom stereocenters. The van der Waals surface area contributed by atoms with Gasteiger partial charge in [0.1, 0.15) is 6.10 Å². The molecule has 1 atom stereocenters. The second-order valence-electron chi connectivity index (χ2n) is 5.62. The lowest BCUT2D eigenvalue weighted by Gasteiger charge is -2.28. The number of aromatic nitrogens is 1. The summed E-state index contributed by atoms with van der Waals surface area (Å²) >= 11 is 0. The molecule has 0 amide bonds. The Balaban J connectivity index is 1.99. The molecule has 1 heterocycles. The summed E-state index contributed by atoms with van der Waals surface area (Å²) < 4.78 is 0. The first-order valence-corrected chi connectivity index (χ1v) is 6.86. The maximum Gasteiger partial charge on any atom is 0.108 e. The summed E-state index contributed by atoms with van der Waals surface area (Å²) in [7, 11) is 0. The van der Waals surface area contributed by atoms with E-state index >= 15 is 0 Å². The molecule has 0 saturated heterocycles. The van der Waals surface area contributed by atoms with Crippen LogP contribution in [0.1, 0.15) is 43.0 Å². The van der Waals surface area contributed by atoms with Gasteiger partial charge in [0.25, 0.3) is 0 Å². The van der Waals surface area contributed by atoms with Crippen LogP contribution in [0.4, 0.5) is 0 Å². The largest absolute Gasteiger partial charge is 0.387 e. The van der Waals surface area contributed by atoms with Crippen LogP contribution in [0, 0.1) is 6.92 Å². The molecule has 1 aliphatic rings. The minimum absolute atomic E-state index is 0.679. The van der Waals surface area contributed by atoms with E-state index in [1.165, 1.54) is 0 Å². The molecule has 1 saturated carbocycles. The van der Waals surface area contributed by atoms with Crippen LogP contribution in [-0.2, 0) is 0 Å². The van der Waals surface area contributed by atoms with Crippen molar-refractivity contribution in [3.63, 3.8) is 0 Å². The Morgan fingerprint density at radius 3 is 2.63 bits per heavy atom. The zero-order valence-electron chi connectivity index (χ0n) is 11.1. The van der Waals surface area contributed by atoms with E-state index in [9.17, 15) is 10.2 Å². The normalized spacial score (nSPS) is 19.7. The fraction of sp³-hybridized carbons (Fsp3) is 0.438. The molecule has 1 aromatic heterocycles. The molecule has 3 heteroatoms. The minimum atomic E-state index is -0.953. The summed E-state index contributed by atoms with van der Waals surface area (Å²) in [5, 5.41) is 21.9. The number of aliphatic hydroxyl groups is 2. The number of benzene rings is 1. The SMILES string of the molecule is Cc1ccc2cc(C(O)C3(O)CCCC3)ccc2n1. The molecule has 0 bridgehead atoms. The Kier molecular flexibility index (Phi) is 3.03. The van der Waals surface area contributed by atoms with Gasteiger partial charge in [-0.25, -0.2) is 0 Å². The second-order valence-corrected chi connectivity index (χ2v) is 5.62. The van der Waals surface area contributed by atoms with Crippen LogP contribution in [0.25, 0.3) is 10.9 Å². The topological polar surface area (TPSA) is 53.4 Å². The molecular weight excluding hydrogens is 238 g/mol. The first-order valence-electron chi connectivity index (χ1n) is 6.86. The predicted octanol–water partition coefficient (Wildman–Crippen LogP) is 2.88. The average Bonchev–Trinajstić information content (AvgIpc) is 2.85. The monoisotopic (exact) mass is 257 g/mol. The highest BCUT2D eigenvalue weighted by molar-refractivity contribution is 5.79. The van der Waals surface area contributed by atoms with Crippen molar-refractivity contribution >= 4 is 10.9 Å². The number of aryl methyl sites for hydroxylation is 1. The molecule has 3 rings (SSSR count). The highest BCUT2D eigenvalue weighted by Gasteiger charge is 2.39. The molecule has 0 aliphatic heterocycles. The molecule has 100 valence electrons. The van der Waals surface area contributed by atoms with Crippen molar-refractivity contribution in [1.82, 2.24) is 4.98 Å². The summed E-state index contributed by atoms with van der Waals surface area (Å²) in [5.74, 6) is 0. The van der Waals surface area contributed by atoms with Gasteiger partial charge in [-0.15, -0.1) is 0 Å². The van der Waals surface area contributed by atoms with Crippen LogP contribution in [-0.4, -0.2) is 20.8 Å². The van der Waals surface area contributed by atoms with Gasteiger partial charge in [-0.05, 0) is 43.5 Å². The van der Waals surface area contributed by atoms with Gasteiger partial charge in [0, 0.05) is 11.1 Å². The van der Waals surface area contributed by atoms with E-state index < -0.39 is 11.7 Å². The lowest BCUT2D eigenvalue weighted by atomic mass is 9.89. The molecule has 1 fully saturated rings. The molecule has 2 aromatic rings. The first kappa shape index (κ1) is 12.6. The number of nitrogens with zero attached hydrogens (tertiary/aromatic N) is 1. The molecule has 1 aromatic carbocycles. The summed E-state index contributed by atoms with van der Waals surface area (Å²) in [6, 6.07) is 9.69. The molecule has 0 radical (unpaired) electrons. The average molecular weight is 257 g/mol. The Bertz CT molecular complexity index is 603. The van der Waals surface area contributed by atoms with Gasteiger partial charge >= 0.3 is 0 Å². The summed E-state index contributed by atoms with van der Waals surface area (Å²) in [6.45, 7) is 1.96. The van der Waals surface area contributed by atoms with Crippen LogP contribution < -0.4 is 0 Å². The van der Waals surface area contributed by atoms with Crippen molar-refractivity contribution in [2.24, 2.45) is 0 Å². The van der Waals surface area contributed by atoms with Crippen molar-refractivity contribution in [3.05, 3.63) is 41.6 Å². The molecule has 1 aliphatic carbocycles. The number of hydrogen-bond acceptors (Lipinski definition) is 3. The predicted molar refractivity (Wildman–Crippen MR) is 74.9 cm³/mol. The summed E-state index contributed by atoms with van der Waals surface area (Å²) in [4.78, 5) is 4.45. The third-order valence-corrected chi connectivity index (χ3v) is 4.15.